The molecule has 1 heterocycles. The molecule has 1 aliphatic heterocycles. The monoisotopic (exact) mass is 171 g/mol. The van der Waals surface area contributed by atoms with Crippen molar-refractivity contribution in [1.29, 1.82) is 0 Å². The molecule has 0 radical (unpaired) electrons. The highest BCUT2D eigenvalue weighted by atomic mass is 16.3. The van der Waals surface area contributed by atoms with Gasteiger partial charge in [-0.25, -0.2) is 0 Å². The number of aliphatic hydroxyl groups excluding tert-OH is 1. The molecule has 1 aliphatic rings. The third kappa shape index (κ3) is 2.20. The van der Waals surface area contributed by atoms with Crippen molar-refractivity contribution < 1.29 is 5.11 Å². The maximum atomic E-state index is 8.88. The smallest absolute Gasteiger partial charge is 0.0445 e. The van der Waals surface area contributed by atoms with Crippen molar-refractivity contribution in [1.82, 2.24) is 4.90 Å². The SMILES string of the molecule is CC(C)(C)N1CCCC1CCO. The summed E-state index contributed by atoms with van der Waals surface area (Å²) in [6.45, 7) is 8.29. The number of aliphatic hydroxyl groups is 1. The number of hydrogen-bond donors (Lipinski definition) is 1. The highest BCUT2D eigenvalue weighted by Gasteiger charge is 2.31. The summed E-state index contributed by atoms with van der Waals surface area (Å²) in [6, 6.07) is 0.620. The van der Waals surface area contributed by atoms with Crippen LogP contribution >= 0.6 is 0 Å². The Morgan fingerprint density at radius 1 is 1.42 bits per heavy atom. The third-order valence-electron chi connectivity index (χ3n) is 2.70. The fourth-order valence-corrected chi connectivity index (χ4v) is 2.17. The molecular weight excluding hydrogens is 150 g/mol. The molecule has 72 valence electrons. The van der Waals surface area contributed by atoms with Crippen LogP contribution in [0.25, 0.3) is 0 Å². The van der Waals surface area contributed by atoms with Crippen LogP contribution in [0.3, 0.4) is 0 Å². The maximum absolute atomic E-state index is 8.88. The average molecular weight is 171 g/mol. The van der Waals surface area contributed by atoms with Crippen LogP contribution in [0.2, 0.25) is 0 Å². The summed E-state index contributed by atoms with van der Waals surface area (Å²) in [5.41, 5.74) is 0.274. The molecule has 0 bridgehead atoms. The van der Waals surface area contributed by atoms with Gasteiger partial charge in [-0.15, -0.1) is 0 Å². The van der Waals surface area contributed by atoms with Crippen molar-refractivity contribution in [3.8, 4) is 0 Å². The summed E-state index contributed by atoms with van der Waals surface area (Å²) >= 11 is 0. The molecule has 1 saturated heterocycles. The van der Waals surface area contributed by atoms with Crippen molar-refractivity contribution in [2.24, 2.45) is 0 Å². The number of hydrogen-bond acceptors (Lipinski definition) is 2. The highest BCUT2D eigenvalue weighted by molar-refractivity contribution is 4.87. The Bertz CT molecular complexity index is 139. The van der Waals surface area contributed by atoms with Gasteiger partial charge in [0.2, 0.25) is 0 Å². The predicted octanol–water partition coefficient (Wildman–Crippen LogP) is 1.63. The van der Waals surface area contributed by atoms with Gasteiger partial charge in [0.25, 0.3) is 0 Å². The molecule has 1 rings (SSSR count). The molecule has 12 heavy (non-hydrogen) atoms. The van der Waals surface area contributed by atoms with Crippen LogP contribution in [0, 0.1) is 0 Å². The molecule has 2 heteroatoms. The fraction of sp³-hybridized carbons (Fsp3) is 1.00. The van der Waals surface area contributed by atoms with Crippen molar-refractivity contribution in [2.75, 3.05) is 13.2 Å². The quantitative estimate of drug-likeness (QED) is 0.682. The Morgan fingerprint density at radius 3 is 2.58 bits per heavy atom. The summed E-state index contributed by atoms with van der Waals surface area (Å²) < 4.78 is 0. The molecular formula is C10H21NO. The molecule has 0 spiro atoms. The first kappa shape index (κ1) is 10.0. The molecule has 0 aromatic carbocycles. The summed E-state index contributed by atoms with van der Waals surface area (Å²) in [5, 5.41) is 8.88. The Balaban J connectivity index is 2.52. The van der Waals surface area contributed by atoms with E-state index in [2.05, 4.69) is 25.7 Å². The van der Waals surface area contributed by atoms with E-state index in [-0.39, 0.29) is 5.54 Å². The zero-order chi connectivity index (χ0) is 9.19. The van der Waals surface area contributed by atoms with Crippen molar-refractivity contribution in [3.63, 3.8) is 0 Å². The van der Waals surface area contributed by atoms with Gasteiger partial charge in [0.05, 0.1) is 0 Å². The second kappa shape index (κ2) is 3.75. The molecule has 1 unspecified atom stereocenters. The lowest BCUT2D eigenvalue weighted by Gasteiger charge is -2.36. The largest absolute Gasteiger partial charge is 0.396 e. The average Bonchev–Trinajstić information content (AvgIpc) is 2.34. The van der Waals surface area contributed by atoms with Crippen LogP contribution in [-0.4, -0.2) is 34.7 Å². The van der Waals surface area contributed by atoms with E-state index in [1.54, 1.807) is 0 Å². The molecule has 1 N–H and O–H groups in total. The van der Waals surface area contributed by atoms with Gasteiger partial charge in [0.1, 0.15) is 0 Å². The first-order valence-electron chi connectivity index (χ1n) is 4.93. The lowest BCUT2D eigenvalue weighted by Crippen LogP contribution is -2.44. The summed E-state index contributed by atoms with van der Waals surface area (Å²) in [5.74, 6) is 0. The predicted molar refractivity (Wildman–Crippen MR) is 51.2 cm³/mol. The van der Waals surface area contributed by atoms with E-state index < -0.39 is 0 Å². The summed E-state index contributed by atoms with van der Waals surface area (Å²) in [6.07, 6.45) is 3.50. The van der Waals surface area contributed by atoms with Gasteiger partial charge in [0, 0.05) is 18.2 Å². The second-order valence-electron chi connectivity index (χ2n) is 4.67. The van der Waals surface area contributed by atoms with Gasteiger partial charge in [0.15, 0.2) is 0 Å². The van der Waals surface area contributed by atoms with Crippen LogP contribution in [0.1, 0.15) is 40.0 Å². The lowest BCUT2D eigenvalue weighted by atomic mass is 10.0. The molecule has 2 nitrogen and oxygen atoms in total. The van der Waals surface area contributed by atoms with E-state index in [0.29, 0.717) is 12.6 Å². The van der Waals surface area contributed by atoms with Crippen LogP contribution in [0.15, 0.2) is 0 Å². The Hall–Kier alpha value is -0.0800. The zero-order valence-corrected chi connectivity index (χ0v) is 8.51. The molecule has 0 aromatic heterocycles. The van der Waals surface area contributed by atoms with Crippen molar-refractivity contribution in [2.45, 2.75) is 51.6 Å². The minimum absolute atomic E-state index is 0.274. The Morgan fingerprint density at radius 2 is 2.08 bits per heavy atom. The van der Waals surface area contributed by atoms with Gasteiger partial charge in [-0.3, -0.25) is 4.90 Å². The second-order valence-corrected chi connectivity index (χ2v) is 4.67. The summed E-state index contributed by atoms with van der Waals surface area (Å²) in [7, 11) is 0. The highest BCUT2D eigenvalue weighted by Crippen LogP contribution is 2.27. The van der Waals surface area contributed by atoms with Gasteiger partial charge >= 0.3 is 0 Å². The molecule has 1 fully saturated rings. The molecule has 0 amide bonds. The maximum Gasteiger partial charge on any atom is 0.0445 e. The Labute approximate surface area is 75.6 Å². The van der Waals surface area contributed by atoms with Gasteiger partial charge < -0.3 is 5.11 Å². The van der Waals surface area contributed by atoms with Crippen LogP contribution in [0.5, 0.6) is 0 Å². The normalized spacial score (nSPS) is 26.5. The fourth-order valence-electron chi connectivity index (χ4n) is 2.17. The van der Waals surface area contributed by atoms with Gasteiger partial charge in [-0.05, 0) is 46.6 Å². The summed E-state index contributed by atoms with van der Waals surface area (Å²) in [4.78, 5) is 2.52. The van der Waals surface area contributed by atoms with E-state index in [9.17, 15) is 0 Å². The number of rotatable bonds is 2. The zero-order valence-electron chi connectivity index (χ0n) is 8.51. The van der Waals surface area contributed by atoms with Crippen molar-refractivity contribution in [3.05, 3.63) is 0 Å². The van der Waals surface area contributed by atoms with E-state index in [0.717, 1.165) is 6.42 Å². The van der Waals surface area contributed by atoms with E-state index in [1.807, 2.05) is 0 Å². The van der Waals surface area contributed by atoms with E-state index >= 15 is 0 Å². The number of likely N-dealkylation sites (tertiary alicyclic amines) is 1. The molecule has 0 saturated carbocycles. The standard InChI is InChI=1S/C10H21NO/c1-10(2,3)11-7-4-5-9(11)6-8-12/h9,12H,4-8H2,1-3H3. The van der Waals surface area contributed by atoms with Crippen molar-refractivity contribution >= 4 is 0 Å². The molecule has 0 aliphatic carbocycles. The third-order valence-corrected chi connectivity index (χ3v) is 2.70. The van der Waals surface area contributed by atoms with Crippen LogP contribution < -0.4 is 0 Å². The van der Waals surface area contributed by atoms with Gasteiger partial charge in [-0.1, -0.05) is 0 Å². The lowest BCUT2D eigenvalue weighted by molar-refractivity contribution is 0.103. The topological polar surface area (TPSA) is 23.5 Å². The number of nitrogens with zero attached hydrogens (tertiary/aromatic N) is 1. The van der Waals surface area contributed by atoms with Gasteiger partial charge in [-0.2, -0.15) is 0 Å². The minimum atomic E-state index is 0.274. The molecule has 1 atom stereocenters. The van der Waals surface area contributed by atoms with E-state index in [4.69, 9.17) is 5.11 Å². The first-order chi connectivity index (χ1) is 5.55. The van der Waals surface area contributed by atoms with Crippen LogP contribution in [0.4, 0.5) is 0 Å². The van der Waals surface area contributed by atoms with E-state index in [1.165, 1.54) is 19.4 Å². The molecule has 0 aromatic rings. The minimum Gasteiger partial charge on any atom is -0.396 e. The van der Waals surface area contributed by atoms with Crippen LogP contribution in [-0.2, 0) is 0 Å². The first-order valence-corrected chi connectivity index (χ1v) is 4.93. The Kier molecular flexibility index (Phi) is 3.13.